The van der Waals surface area contributed by atoms with Crippen molar-refractivity contribution in [1.82, 2.24) is 14.8 Å². The third-order valence-corrected chi connectivity index (χ3v) is 7.88. The van der Waals surface area contributed by atoms with Gasteiger partial charge in [0.05, 0.1) is 11.6 Å². The van der Waals surface area contributed by atoms with Crippen molar-refractivity contribution in [2.45, 2.75) is 48.3 Å². The number of aromatic carboxylic acids is 1. The van der Waals surface area contributed by atoms with Gasteiger partial charge in [0.2, 0.25) is 0 Å². The molecule has 1 aromatic heterocycles. The molecule has 3 aromatic rings. The van der Waals surface area contributed by atoms with E-state index in [1.807, 2.05) is 48.2 Å². The summed E-state index contributed by atoms with van der Waals surface area (Å²) in [6.45, 7) is 5.12. The van der Waals surface area contributed by atoms with Gasteiger partial charge in [-0.25, -0.2) is 14.6 Å². The molecule has 2 saturated heterocycles. The zero-order valence-electron chi connectivity index (χ0n) is 20.2. The predicted octanol–water partition coefficient (Wildman–Crippen LogP) is 5.40. The molecule has 8 heteroatoms. The van der Waals surface area contributed by atoms with E-state index < -0.39 is 5.97 Å². The zero-order chi connectivity index (χ0) is 25.1. The first-order valence-corrected chi connectivity index (χ1v) is 13.0. The fourth-order valence-corrected chi connectivity index (χ4v) is 5.77. The number of carbonyl (C=O) groups is 2. The number of aryl methyl sites for hydroxylation is 1. The number of cyclic esters (lactones) is 1. The molecule has 1 atom stereocenters. The van der Waals surface area contributed by atoms with Crippen molar-refractivity contribution in [2.24, 2.45) is 0 Å². The molecule has 1 unspecified atom stereocenters. The van der Waals surface area contributed by atoms with Crippen LogP contribution in [-0.2, 0) is 11.3 Å². The maximum Gasteiger partial charge on any atom is 0.410 e. The highest BCUT2D eigenvalue weighted by Gasteiger charge is 2.40. The Bertz CT molecular complexity index is 1230. The monoisotopic (exact) mass is 503 g/mol. The number of carbonyl (C=O) groups excluding carboxylic acids is 1. The Morgan fingerprint density at radius 1 is 1.06 bits per heavy atom. The Labute approximate surface area is 215 Å². The molecule has 186 valence electrons. The molecule has 2 aliphatic heterocycles. The molecular weight excluding hydrogens is 474 g/mol. The van der Waals surface area contributed by atoms with Gasteiger partial charge < -0.3 is 9.84 Å². The van der Waals surface area contributed by atoms with Gasteiger partial charge in [0, 0.05) is 36.3 Å². The standard InChI is InChI=1S/C28H29N3O4S/c1-19-22(9-12-26(29-19)36-24-10-7-21(8-11-24)27(32)33)17-30-15-13-23(14-16-30)31-25(18-35-28(31)34)20-5-3-2-4-6-20/h2-12,23,25H,13-18H2,1H3,(H,32,33). The summed E-state index contributed by atoms with van der Waals surface area (Å²) in [5.74, 6) is -0.926. The average Bonchev–Trinajstić information content (AvgIpc) is 3.28. The van der Waals surface area contributed by atoms with Crippen molar-refractivity contribution in [2.75, 3.05) is 19.7 Å². The molecular formula is C28H29N3O4S. The van der Waals surface area contributed by atoms with Gasteiger partial charge in [0.15, 0.2) is 0 Å². The van der Waals surface area contributed by atoms with E-state index >= 15 is 0 Å². The summed E-state index contributed by atoms with van der Waals surface area (Å²) in [5, 5.41) is 9.95. The highest BCUT2D eigenvalue weighted by molar-refractivity contribution is 7.99. The molecule has 0 radical (unpaired) electrons. The Kier molecular flexibility index (Phi) is 7.25. The smallest absolute Gasteiger partial charge is 0.410 e. The van der Waals surface area contributed by atoms with E-state index in [1.165, 1.54) is 17.3 Å². The summed E-state index contributed by atoms with van der Waals surface area (Å²) >= 11 is 1.52. The lowest BCUT2D eigenvalue weighted by Gasteiger charge is -2.38. The van der Waals surface area contributed by atoms with Crippen molar-refractivity contribution >= 4 is 23.8 Å². The highest BCUT2D eigenvalue weighted by Crippen LogP contribution is 2.33. The quantitative estimate of drug-likeness (QED) is 0.462. The minimum atomic E-state index is -0.926. The van der Waals surface area contributed by atoms with E-state index in [-0.39, 0.29) is 23.7 Å². The van der Waals surface area contributed by atoms with Gasteiger partial charge in [-0.05, 0) is 61.2 Å². The van der Waals surface area contributed by atoms with Crippen molar-refractivity contribution in [3.63, 3.8) is 0 Å². The van der Waals surface area contributed by atoms with Crippen LogP contribution in [0.2, 0.25) is 0 Å². The third kappa shape index (κ3) is 5.39. The van der Waals surface area contributed by atoms with Crippen LogP contribution in [0, 0.1) is 6.92 Å². The molecule has 3 heterocycles. The maximum absolute atomic E-state index is 12.5. The van der Waals surface area contributed by atoms with Crippen LogP contribution in [0.3, 0.4) is 0 Å². The van der Waals surface area contributed by atoms with Crippen molar-refractivity contribution in [1.29, 1.82) is 0 Å². The average molecular weight is 504 g/mol. The number of benzene rings is 2. The third-order valence-electron chi connectivity index (χ3n) is 6.93. The van der Waals surface area contributed by atoms with E-state index in [9.17, 15) is 9.59 Å². The first kappa shape index (κ1) is 24.3. The predicted molar refractivity (Wildman–Crippen MR) is 137 cm³/mol. The fraction of sp³-hybridized carbons (Fsp3) is 0.321. The molecule has 1 amide bonds. The number of ether oxygens (including phenoxy) is 1. The van der Waals surface area contributed by atoms with Gasteiger partial charge in [-0.2, -0.15) is 0 Å². The number of carboxylic acid groups (broad SMARTS) is 1. The second-order valence-corrected chi connectivity index (χ2v) is 10.3. The van der Waals surface area contributed by atoms with Crippen LogP contribution in [0.25, 0.3) is 0 Å². The van der Waals surface area contributed by atoms with Crippen molar-refractivity contribution < 1.29 is 19.4 Å². The van der Waals surface area contributed by atoms with Crippen LogP contribution < -0.4 is 0 Å². The number of piperidine rings is 1. The summed E-state index contributed by atoms with van der Waals surface area (Å²) in [6, 6.07) is 21.3. The first-order chi connectivity index (χ1) is 17.5. The molecule has 5 rings (SSSR count). The van der Waals surface area contributed by atoms with Gasteiger partial charge in [-0.3, -0.25) is 9.80 Å². The van der Waals surface area contributed by atoms with Crippen LogP contribution in [-0.4, -0.2) is 57.7 Å². The van der Waals surface area contributed by atoms with E-state index in [0.29, 0.717) is 6.61 Å². The van der Waals surface area contributed by atoms with Crippen molar-refractivity contribution in [3.05, 3.63) is 89.1 Å². The van der Waals surface area contributed by atoms with Crippen molar-refractivity contribution in [3.8, 4) is 0 Å². The minimum absolute atomic E-state index is 0.00734. The number of hydrogen-bond donors (Lipinski definition) is 1. The lowest BCUT2D eigenvalue weighted by atomic mass is 9.99. The summed E-state index contributed by atoms with van der Waals surface area (Å²) < 4.78 is 5.43. The van der Waals surface area contributed by atoms with Crippen LogP contribution in [0.1, 0.15) is 46.1 Å². The molecule has 2 aromatic carbocycles. The molecule has 0 saturated carbocycles. The van der Waals surface area contributed by atoms with Crippen LogP contribution in [0.4, 0.5) is 4.79 Å². The van der Waals surface area contributed by atoms with Crippen LogP contribution >= 0.6 is 11.8 Å². The lowest BCUT2D eigenvalue weighted by molar-refractivity contribution is 0.0696. The van der Waals surface area contributed by atoms with Gasteiger partial charge >= 0.3 is 12.1 Å². The largest absolute Gasteiger partial charge is 0.478 e. The number of likely N-dealkylation sites (tertiary alicyclic amines) is 1. The van der Waals surface area contributed by atoms with Gasteiger partial charge in [0.1, 0.15) is 11.6 Å². The molecule has 0 spiro atoms. The Hall–Kier alpha value is -3.36. The number of pyridine rings is 1. The zero-order valence-corrected chi connectivity index (χ0v) is 21.0. The van der Waals surface area contributed by atoms with Gasteiger partial charge in [-0.1, -0.05) is 48.2 Å². The van der Waals surface area contributed by atoms with Gasteiger partial charge in [0.25, 0.3) is 0 Å². The summed E-state index contributed by atoms with van der Waals surface area (Å²) in [5.41, 5.74) is 3.60. The Balaban J connectivity index is 1.17. The van der Waals surface area contributed by atoms with Crippen LogP contribution in [0.15, 0.2) is 76.7 Å². The lowest BCUT2D eigenvalue weighted by Crippen LogP contribution is -2.46. The SMILES string of the molecule is Cc1nc(Sc2ccc(C(=O)O)cc2)ccc1CN1CCC(N2C(=O)OCC2c2ccccc2)CC1. The summed E-state index contributed by atoms with van der Waals surface area (Å²) in [7, 11) is 0. The van der Waals surface area contributed by atoms with Crippen LogP contribution in [0.5, 0.6) is 0 Å². The maximum atomic E-state index is 12.5. The number of carboxylic acids is 1. The molecule has 7 nitrogen and oxygen atoms in total. The topological polar surface area (TPSA) is 83.0 Å². The Morgan fingerprint density at radius 3 is 2.44 bits per heavy atom. The fourth-order valence-electron chi connectivity index (χ4n) is 4.94. The van der Waals surface area contributed by atoms with E-state index in [1.54, 1.807) is 12.1 Å². The molecule has 0 bridgehead atoms. The summed E-state index contributed by atoms with van der Waals surface area (Å²) in [4.78, 5) is 33.7. The number of aromatic nitrogens is 1. The number of hydrogen-bond acceptors (Lipinski definition) is 6. The summed E-state index contributed by atoms with van der Waals surface area (Å²) in [6.07, 6.45) is 1.64. The van der Waals surface area contributed by atoms with Gasteiger partial charge in [-0.15, -0.1) is 0 Å². The highest BCUT2D eigenvalue weighted by atomic mass is 32.2. The number of rotatable bonds is 7. The van der Waals surface area contributed by atoms with E-state index in [0.717, 1.165) is 53.7 Å². The second-order valence-electron chi connectivity index (χ2n) is 9.24. The molecule has 0 aliphatic carbocycles. The number of nitrogens with zero attached hydrogens (tertiary/aromatic N) is 3. The molecule has 1 N–H and O–H groups in total. The molecule has 2 aliphatic rings. The second kappa shape index (κ2) is 10.7. The van der Waals surface area contributed by atoms with E-state index in [2.05, 4.69) is 23.1 Å². The first-order valence-electron chi connectivity index (χ1n) is 12.2. The molecule has 36 heavy (non-hydrogen) atoms. The van der Waals surface area contributed by atoms with E-state index in [4.69, 9.17) is 14.8 Å². The number of amides is 1. The minimum Gasteiger partial charge on any atom is -0.478 e. The normalized spacial score (nSPS) is 18.9. The molecule has 2 fully saturated rings. The Morgan fingerprint density at radius 2 is 1.78 bits per heavy atom.